The van der Waals surface area contributed by atoms with Crippen LogP contribution in [0.15, 0.2) is 12.1 Å². The summed E-state index contributed by atoms with van der Waals surface area (Å²) in [4.78, 5) is 2.07. The van der Waals surface area contributed by atoms with Gasteiger partial charge in [0.15, 0.2) is 17.5 Å². The lowest BCUT2D eigenvalue weighted by Crippen LogP contribution is -2.29. The van der Waals surface area contributed by atoms with Crippen LogP contribution in [0.2, 0.25) is 0 Å². The molecule has 2 unspecified atom stereocenters. The van der Waals surface area contributed by atoms with Crippen molar-refractivity contribution in [3.63, 3.8) is 0 Å². The van der Waals surface area contributed by atoms with Crippen molar-refractivity contribution >= 4 is 0 Å². The Morgan fingerprint density at radius 1 is 1.25 bits per heavy atom. The van der Waals surface area contributed by atoms with Crippen molar-refractivity contribution in [3.05, 3.63) is 35.1 Å². The summed E-state index contributed by atoms with van der Waals surface area (Å²) in [5.74, 6) is -3.33. The number of benzene rings is 1. The number of likely N-dealkylation sites (tertiary alicyclic amines) is 1. The van der Waals surface area contributed by atoms with Gasteiger partial charge in [-0.05, 0) is 63.1 Å². The Hall–Kier alpha value is -1.07. The molecule has 1 saturated heterocycles. The quantitative estimate of drug-likeness (QED) is 0.661. The smallest absolute Gasteiger partial charge is 0.194 e. The van der Waals surface area contributed by atoms with E-state index in [1.807, 2.05) is 7.05 Å². The number of hydrogen-bond acceptors (Lipinski definition) is 2. The van der Waals surface area contributed by atoms with E-state index in [1.54, 1.807) is 0 Å². The molecular formula is C15H21F3N2. The molecule has 0 bridgehead atoms. The highest BCUT2D eigenvalue weighted by molar-refractivity contribution is 5.24. The Bertz CT molecular complexity index is 441. The lowest BCUT2D eigenvalue weighted by atomic mass is 9.93. The summed E-state index contributed by atoms with van der Waals surface area (Å²) >= 11 is 0. The highest BCUT2D eigenvalue weighted by atomic mass is 19.2. The molecule has 112 valence electrons. The van der Waals surface area contributed by atoms with Crippen LogP contribution in [0.1, 0.15) is 31.4 Å². The van der Waals surface area contributed by atoms with Crippen LogP contribution in [-0.2, 0) is 0 Å². The van der Waals surface area contributed by atoms with Crippen molar-refractivity contribution in [2.75, 3.05) is 26.7 Å². The third-order valence-corrected chi connectivity index (χ3v) is 3.95. The molecule has 1 aromatic rings. The van der Waals surface area contributed by atoms with Gasteiger partial charge in [0.25, 0.3) is 0 Å². The lowest BCUT2D eigenvalue weighted by molar-refractivity contribution is 0.270. The fourth-order valence-electron chi connectivity index (χ4n) is 2.98. The van der Waals surface area contributed by atoms with E-state index >= 15 is 0 Å². The maximum atomic E-state index is 13.4. The molecule has 5 heteroatoms. The molecule has 1 heterocycles. The molecule has 0 spiro atoms. The molecule has 2 nitrogen and oxygen atoms in total. The van der Waals surface area contributed by atoms with Crippen molar-refractivity contribution in [1.29, 1.82) is 0 Å². The highest BCUT2D eigenvalue weighted by Crippen LogP contribution is 2.36. The monoisotopic (exact) mass is 286 g/mol. The first-order valence-corrected chi connectivity index (χ1v) is 7.10. The van der Waals surface area contributed by atoms with Crippen LogP contribution in [0, 0.1) is 23.4 Å². The van der Waals surface area contributed by atoms with Crippen LogP contribution in [0.3, 0.4) is 0 Å². The molecule has 0 aliphatic carbocycles. The molecule has 1 fully saturated rings. The average Bonchev–Trinajstić information content (AvgIpc) is 2.77. The second-order valence-corrected chi connectivity index (χ2v) is 5.48. The van der Waals surface area contributed by atoms with Crippen molar-refractivity contribution in [2.24, 2.45) is 5.92 Å². The standard InChI is InChI=1S/C15H21F3N2/c1-3-5-19-9-10-4-6-20(2)15(10)11-7-12(16)14(18)13(17)8-11/h7-8,10,15,19H,3-6,9H2,1-2H3. The van der Waals surface area contributed by atoms with E-state index < -0.39 is 17.5 Å². The molecular weight excluding hydrogens is 265 g/mol. The Morgan fingerprint density at radius 2 is 1.90 bits per heavy atom. The van der Waals surface area contributed by atoms with E-state index in [2.05, 4.69) is 17.1 Å². The largest absolute Gasteiger partial charge is 0.316 e. The first kappa shape index (κ1) is 15.3. The fourth-order valence-corrected chi connectivity index (χ4v) is 2.98. The Balaban J connectivity index is 2.19. The molecule has 0 radical (unpaired) electrons. The lowest BCUT2D eigenvalue weighted by Gasteiger charge is -2.26. The van der Waals surface area contributed by atoms with Crippen molar-refractivity contribution in [3.8, 4) is 0 Å². The molecule has 1 aliphatic heterocycles. The summed E-state index contributed by atoms with van der Waals surface area (Å²) in [6.45, 7) is 4.71. The Kier molecular flexibility index (Phi) is 5.05. The molecule has 1 aromatic carbocycles. The van der Waals surface area contributed by atoms with Crippen LogP contribution in [0.5, 0.6) is 0 Å². The van der Waals surface area contributed by atoms with E-state index in [1.165, 1.54) is 0 Å². The second-order valence-electron chi connectivity index (χ2n) is 5.48. The molecule has 0 aromatic heterocycles. The molecule has 1 N–H and O–H groups in total. The van der Waals surface area contributed by atoms with Gasteiger partial charge in [-0.25, -0.2) is 13.2 Å². The van der Waals surface area contributed by atoms with Crippen LogP contribution < -0.4 is 5.32 Å². The summed E-state index contributed by atoms with van der Waals surface area (Å²) in [5.41, 5.74) is 0.518. The van der Waals surface area contributed by atoms with Crippen LogP contribution >= 0.6 is 0 Å². The third kappa shape index (κ3) is 3.15. The number of nitrogens with zero attached hydrogens (tertiary/aromatic N) is 1. The highest BCUT2D eigenvalue weighted by Gasteiger charge is 2.33. The molecule has 2 rings (SSSR count). The van der Waals surface area contributed by atoms with E-state index in [-0.39, 0.29) is 12.0 Å². The second kappa shape index (κ2) is 6.59. The van der Waals surface area contributed by atoms with E-state index in [9.17, 15) is 13.2 Å². The van der Waals surface area contributed by atoms with Gasteiger partial charge in [-0.15, -0.1) is 0 Å². The van der Waals surface area contributed by atoms with Crippen molar-refractivity contribution < 1.29 is 13.2 Å². The van der Waals surface area contributed by atoms with E-state index in [0.717, 1.165) is 44.6 Å². The van der Waals surface area contributed by atoms with Gasteiger partial charge >= 0.3 is 0 Å². The Labute approximate surface area is 118 Å². The van der Waals surface area contributed by atoms with Crippen molar-refractivity contribution in [2.45, 2.75) is 25.8 Å². The minimum absolute atomic E-state index is 0.0658. The van der Waals surface area contributed by atoms with Gasteiger partial charge in [0.1, 0.15) is 0 Å². The predicted molar refractivity (Wildman–Crippen MR) is 73.0 cm³/mol. The first-order valence-electron chi connectivity index (χ1n) is 7.10. The average molecular weight is 286 g/mol. The fraction of sp³-hybridized carbons (Fsp3) is 0.600. The maximum absolute atomic E-state index is 13.4. The maximum Gasteiger partial charge on any atom is 0.194 e. The topological polar surface area (TPSA) is 15.3 Å². The summed E-state index contributed by atoms with van der Waals surface area (Å²) in [6.07, 6.45) is 2.02. The van der Waals surface area contributed by atoms with Gasteiger partial charge in [0.05, 0.1) is 0 Å². The van der Waals surface area contributed by atoms with Crippen LogP contribution in [-0.4, -0.2) is 31.6 Å². The van der Waals surface area contributed by atoms with Crippen LogP contribution in [0.4, 0.5) is 13.2 Å². The van der Waals surface area contributed by atoms with Crippen molar-refractivity contribution in [1.82, 2.24) is 10.2 Å². The van der Waals surface area contributed by atoms with Gasteiger partial charge in [0, 0.05) is 6.04 Å². The van der Waals surface area contributed by atoms with Crippen LogP contribution in [0.25, 0.3) is 0 Å². The van der Waals surface area contributed by atoms with E-state index in [4.69, 9.17) is 0 Å². The molecule has 2 atom stereocenters. The van der Waals surface area contributed by atoms with Gasteiger partial charge in [0.2, 0.25) is 0 Å². The molecule has 0 amide bonds. The van der Waals surface area contributed by atoms with Gasteiger partial charge < -0.3 is 5.32 Å². The number of nitrogens with one attached hydrogen (secondary N) is 1. The summed E-state index contributed by atoms with van der Waals surface area (Å²) in [6, 6.07) is 2.18. The molecule has 1 aliphatic rings. The first-order chi connectivity index (χ1) is 9.54. The number of halogens is 3. The van der Waals surface area contributed by atoms with Gasteiger partial charge in [-0.3, -0.25) is 4.90 Å². The third-order valence-electron chi connectivity index (χ3n) is 3.95. The predicted octanol–water partition coefficient (Wildman–Crippen LogP) is 3.10. The SMILES string of the molecule is CCCNCC1CCN(C)C1c1cc(F)c(F)c(F)c1. The van der Waals surface area contributed by atoms with E-state index in [0.29, 0.717) is 5.56 Å². The summed E-state index contributed by atoms with van der Waals surface area (Å²) in [7, 11) is 1.93. The zero-order valence-electron chi connectivity index (χ0n) is 11.9. The summed E-state index contributed by atoms with van der Waals surface area (Å²) in [5, 5.41) is 3.35. The van der Waals surface area contributed by atoms with Gasteiger partial charge in [-0.1, -0.05) is 6.92 Å². The number of rotatable bonds is 5. The minimum Gasteiger partial charge on any atom is -0.316 e. The zero-order valence-corrected chi connectivity index (χ0v) is 11.9. The zero-order chi connectivity index (χ0) is 14.7. The minimum atomic E-state index is -1.39. The normalized spacial score (nSPS) is 23.4. The number of hydrogen-bond donors (Lipinski definition) is 1. The molecule has 20 heavy (non-hydrogen) atoms. The van der Waals surface area contributed by atoms with Gasteiger partial charge in [-0.2, -0.15) is 0 Å². The summed E-state index contributed by atoms with van der Waals surface area (Å²) < 4.78 is 39.9. The molecule has 0 saturated carbocycles. The Morgan fingerprint density at radius 3 is 2.50 bits per heavy atom.